The van der Waals surface area contributed by atoms with Gasteiger partial charge in [-0.3, -0.25) is 4.79 Å². The molecule has 0 aliphatic carbocycles. The van der Waals surface area contributed by atoms with Crippen LogP contribution in [0, 0.1) is 5.92 Å². The van der Waals surface area contributed by atoms with Crippen molar-refractivity contribution in [1.29, 1.82) is 0 Å². The molecule has 40 heavy (non-hydrogen) atoms. The fraction of sp³-hybridized carbons (Fsp3) is 0.971. The van der Waals surface area contributed by atoms with Crippen LogP contribution < -0.4 is 5.73 Å². The number of unbranched alkanes of at least 4 members (excludes halogenated alkanes) is 24. The van der Waals surface area contributed by atoms with Gasteiger partial charge in [0.25, 0.3) is 0 Å². The summed E-state index contributed by atoms with van der Waals surface area (Å²) in [7, 11) is 0. The maximum atomic E-state index is 12.7. The van der Waals surface area contributed by atoms with Gasteiger partial charge in [-0.1, -0.05) is 167 Å². The second-order valence-electron chi connectivity index (χ2n) is 12.5. The summed E-state index contributed by atoms with van der Waals surface area (Å²) < 4.78 is 0. The topological polar surface area (TPSA) is 104 Å². The van der Waals surface area contributed by atoms with Crippen molar-refractivity contribution in [3.05, 3.63) is 0 Å². The number of ketones is 1. The molecule has 0 aromatic carbocycles. The first-order valence-electron chi connectivity index (χ1n) is 17.8. The smallest absolute Gasteiger partial charge is 0.168 e. The van der Waals surface area contributed by atoms with Crippen LogP contribution in [0.4, 0.5) is 0 Å². The summed E-state index contributed by atoms with van der Waals surface area (Å²) >= 11 is 0. The summed E-state index contributed by atoms with van der Waals surface area (Å²) in [6.45, 7) is 2.70. The normalized spacial score (nSPS) is 13.9. The lowest BCUT2D eigenvalue weighted by Gasteiger charge is -2.23. The van der Waals surface area contributed by atoms with Crippen LogP contribution >= 0.6 is 0 Å². The quantitative estimate of drug-likeness (QED) is 0.0591. The SMILES string of the molecule is CCCCCCCCCCCCCC(O)C(CN)C(=O)C(O)CCCCCCCCCCCCCCCCCO. The molecule has 0 heterocycles. The molecule has 0 fully saturated rings. The number of hydrogen-bond donors (Lipinski definition) is 4. The van der Waals surface area contributed by atoms with Crippen LogP contribution in [0.15, 0.2) is 0 Å². The summed E-state index contributed by atoms with van der Waals surface area (Å²) in [5.74, 6) is -0.896. The standard InChI is InChI=1S/C35H71NO4/c1-2-3-4-5-6-7-13-16-19-22-25-28-33(38)32(31-36)35(40)34(39)29-26-23-20-17-14-11-9-8-10-12-15-18-21-24-27-30-37/h32-34,37-39H,2-31,36H2,1H3. The fourth-order valence-electron chi connectivity index (χ4n) is 5.82. The average Bonchev–Trinajstić information content (AvgIpc) is 2.95. The molecular weight excluding hydrogens is 498 g/mol. The van der Waals surface area contributed by atoms with E-state index in [0.717, 1.165) is 38.5 Å². The fourth-order valence-corrected chi connectivity index (χ4v) is 5.82. The molecule has 0 spiro atoms. The van der Waals surface area contributed by atoms with Crippen molar-refractivity contribution in [2.24, 2.45) is 11.7 Å². The molecule has 0 amide bonds. The Balaban J connectivity index is 3.66. The van der Waals surface area contributed by atoms with Gasteiger partial charge in [0.1, 0.15) is 6.10 Å². The molecule has 240 valence electrons. The lowest BCUT2D eigenvalue weighted by Crippen LogP contribution is -2.40. The highest BCUT2D eigenvalue weighted by Gasteiger charge is 2.29. The van der Waals surface area contributed by atoms with Crippen LogP contribution in [0.1, 0.15) is 187 Å². The maximum absolute atomic E-state index is 12.7. The van der Waals surface area contributed by atoms with Crippen molar-refractivity contribution in [2.75, 3.05) is 13.2 Å². The van der Waals surface area contributed by atoms with E-state index < -0.39 is 18.1 Å². The minimum atomic E-state index is -0.991. The van der Waals surface area contributed by atoms with E-state index in [1.165, 1.54) is 128 Å². The maximum Gasteiger partial charge on any atom is 0.168 e. The molecule has 0 saturated heterocycles. The monoisotopic (exact) mass is 570 g/mol. The molecule has 0 radical (unpaired) electrons. The van der Waals surface area contributed by atoms with Gasteiger partial charge in [-0.25, -0.2) is 0 Å². The summed E-state index contributed by atoms with van der Waals surface area (Å²) in [5.41, 5.74) is 5.83. The Morgan fingerprint density at radius 2 is 0.850 bits per heavy atom. The van der Waals surface area contributed by atoms with E-state index in [9.17, 15) is 15.0 Å². The van der Waals surface area contributed by atoms with Crippen LogP contribution in [0.2, 0.25) is 0 Å². The highest BCUT2D eigenvalue weighted by molar-refractivity contribution is 5.85. The number of carbonyl (C=O) groups excluding carboxylic acids is 1. The number of aliphatic hydroxyl groups is 3. The number of hydrogen-bond acceptors (Lipinski definition) is 5. The molecule has 0 aromatic rings. The van der Waals surface area contributed by atoms with Crippen LogP contribution in [0.3, 0.4) is 0 Å². The molecule has 3 unspecified atom stereocenters. The van der Waals surface area contributed by atoms with E-state index in [0.29, 0.717) is 19.4 Å². The predicted octanol–water partition coefficient (Wildman–Crippen LogP) is 8.79. The summed E-state index contributed by atoms with van der Waals surface area (Å²) in [6, 6.07) is 0. The summed E-state index contributed by atoms with van der Waals surface area (Å²) in [5, 5.41) is 29.8. The highest BCUT2D eigenvalue weighted by Crippen LogP contribution is 2.19. The van der Waals surface area contributed by atoms with E-state index >= 15 is 0 Å². The molecule has 0 aliphatic rings. The Bertz CT molecular complexity index is 516. The minimum Gasteiger partial charge on any atom is -0.396 e. The zero-order valence-electron chi connectivity index (χ0n) is 26.8. The Morgan fingerprint density at radius 1 is 0.525 bits per heavy atom. The van der Waals surface area contributed by atoms with Crippen LogP contribution in [0.5, 0.6) is 0 Å². The van der Waals surface area contributed by atoms with Crippen LogP contribution in [-0.2, 0) is 4.79 Å². The second kappa shape index (κ2) is 31.4. The second-order valence-corrected chi connectivity index (χ2v) is 12.5. The molecule has 5 heteroatoms. The van der Waals surface area contributed by atoms with E-state index in [2.05, 4.69) is 6.92 Å². The first-order valence-corrected chi connectivity index (χ1v) is 17.8. The number of rotatable bonds is 33. The van der Waals surface area contributed by atoms with Crippen LogP contribution in [0.25, 0.3) is 0 Å². The Hall–Kier alpha value is -0.490. The third-order valence-electron chi connectivity index (χ3n) is 8.65. The third kappa shape index (κ3) is 25.2. The lowest BCUT2D eigenvalue weighted by atomic mass is 9.89. The van der Waals surface area contributed by atoms with Gasteiger partial charge < -0.3 is 21.1 Å². The molecule has 5 nitrogen and oxygen atoms in total. The van der Waals surface area contributed by atoms with Gasteiger partial charge in [0.05, 0.1) is 12.0 Å². The van der Waals surface area contributed by atoms with Gasteiger partial charge >= 0.3 is 0 Å². The molecule has 5 N–H and O–H groups in total. The van der Waals surface area contributed by atoms with E-state index in [1.807, 2.05) is 0 Å². The zero-order valence-corrected chi connectivity index (χ0v) is 26.8. The Morgan fingerprint density at radius 3 is 1.20 bits per heavy atom. The highest BCUT2D eigenvalue weighted by atomic mass is 16.3. The molecule has 0 bridgehead atoms. The van der Waals surface area contributed by atoms with Gasteiger partial charge in [0.2, 0.25) is 0 Å². The Kier molecular flexibility index (Phi) is 31.1. The van der Waals surface area contributed by atoms with Gasteiger partial charge in [-0.05, 0) is 19.3 Å². The summed E-state index contributed by atoms with van der Waals surface area (Å²) in [6.07, 6.45) is 31.6. The van der Waals surface area contributed by atoms with E-state index in [4.69, 9.17) is 10.8 Å². The summed E-state index contributed by atoms with van der Waals surface area (Å²) in [4.78, 5) is 12.7. The van der Waals surface area contributed by atoms with Crippen LogP contribution in [-0.4, -0.2) is 46.5 Å². The van der Waals surface area contributed by atoms with E-state index in [1.54, 1.807) is 0 Å². The largest absolute Gasteiger partial charge is 0.396 e. The number of carbonyl (C=O) groups is 1. The first kappa shape index (κ1) is 39.5. The van der Waals surface area contributed by atoms with Crippen molar-refractivity contribution in [3.63, 3.8) is 0 Å². The molecule has 0 aliphatic heterocycles. The van der Waals surface area contributed by atoms with Gasteiger partial charge in [-0.2, -0.15) is 0 Å². The number of Topliss-reactive ketones (excluding diaryl/α,β-unsaturated/α-hetero) is 1. The van der Waals surface area contributed by atoms with Gasteiger partial charge in [-0.15, -0.1) is 0 Å². The number of aliphatic hydroxyl groups excluding tert-OH is 3. The lowest BCUT2D eigenvalue weighted by molar-refractivity contribution is -0.135. The number of nitrogens with two attached hydrogens (primary N) is 1. The van der Waals surface area contributed by atoms with Crippen molar-refractivity contribution in [1.82, 2.24) is 0 Å². The van der Waals surface area contributed by atoms with Crippen molar-refractivity contribution >= 4 is 5.78 Å². The predicted molar refractivity (Wildman–Crippen MR) is 172 cm³/mol. The molecule has 0 aromatic heterocycles. The molecule has 0 rings (SSSR count). The minimum absolute atomic E-state index is 0.111. The van der Waals surface area contributed by atoms with Crippen molar-refractivity contribution < 1.29 is 20.1 Å². The van der Waals surface area contributed by atoms with Crippen molar-refractivity contribution in [3.8, 4) is 0 Å². The molecule has 0 saturated carbocycles. The van der Waals surface area contributed by atoms with Gasteiger partial charge in [0.15, 0.2) is 5.78 Å². The van der Waals surface area contributed by atoms with Gasteiger partial charge in [0, 0.05) is 13.2 Å². The molecular formula is C35H71NO4. The Labute approximate surface area is 249 Å². The molecule has 3 atom stereocenters. The van der Waals surface area contributed by atoms with E-state index in [-0.39, 0.29) is 12.3 Å². The third-order valence-corrected chi connectivity index (χ3v) is 8.65. The first-order chi connectivity index (χ1) is 19.6. The van der Waals surface area contributed by atoms with Crippen molar-refractivity contribution in [2.45, 2.75) is 199 Å². The zero-order chi connectivity index (χ0) is 29.5. The average molecular weight is 570 g/mol.